The van der Waals surface area contributed by atoms with Crippen molar-refractivity contribution in [3.05, 3.63) is 17.6 Å². The third-order valence-corrected chi connectivity index (χ3v) is 5.72. The average molecular weight is 377 g/mol. The number of anilines is 1. The summed E-state index contributed by atoms with van der Waals surface area (Å²) in [4.78, 5) is 25.2. The SMILES string of the molecule is CCCc1cnc(C)nc1N1CC[C@H](N2CCOCC2)[C@H](CCC(=O)O)C1. The number of morpholine rings is 1. The van der Waals surface area contributed by atoms with Crippen molar-refractivity contribution in [3.8, 4) is 0 Å². The quantitative estimate of drug-likeness (QED) is 0.781. The van der Waals surface area contributed by atoms with Crippen molar-refractivity contribution in [2.45, 2.75) is 52.0 Å². The van der Waals surface area contributed by atoms with Gasteiger partial charge in [-0.3, -0.25) is 9.69 Å². The number of rotatable bonds is 7. The number of piperidine rings is 1. The lowest BCUT2D eigenvalue weighted by Crippen LogP contribution is -2.54. The third kappa shape index (κ3) is 5.17. The number of carboxylic acid groups (broad SMARTS) is 1. The van der Waals surface area contributed by atoms with E-state index in [-0.39, 0.29) is 6.42 Å². The Hall–Kier alpha value is -1.73. The molecule has 2 fully saturated rings. The molecule has 0 amide bonds. The van der Waals surface area contributed by atoms with Gasteiger partial charge in [0.2, 0.25) is 0 Å². The number of aryl methyl sites for hydroxylation is 2. The minimum atomic E-state index is -0.711. The van der Waals surface area contributed by atoms with Gasteiger partial charge in [-0.25, -0.2) is 9.97 Å². The summed E-state index contributed by atoms with van der Waals surface area (Å²) in [5.41, 5.74) is 1.20. The molecule has 2 aliphatic rings. The number of ether oxygens (including phenoxy) is 1. The lowest BCUT2D eigenvalue weighted by Gasteiger charge is -2.45. The van der Waals surface area contributed by atoms with E-state index in [9.17, 15) is 9.90 Å². The van der Waals surface area contributed by atoms with Crippen LogP contribution in [0.3, 0.4) is 0 Å². The van der Waals surface area contributed by atoms with Gasteiger partial charge in [0, 0.05) is 50.4 Å². The van der Waals surface area contributed by atoms with Crippen molar-refractivity contribution in [2.24, 2.45) is 5.92 Å². The maximum atomic E-state index is 11.2. The first-order valence-electron chi connectivity index (χ1n) is 10.2. The Morgan fingerprint density at radius 2 is 2.11 bits per heavy atom. The molecule has 7 nitrogen and oxygen atoms in total. The van der Waals surface area contributed by atoms with E-state index in [4.69, 9.17) is 9.72 Å². The van der Waals surface area contributed by atoms with Gasteiger partial charge in [0.1, 0.15) is 11.6 Å². The Labute approximate surface area is 161 Å². The molecular formula is C20H32N4O3. The van der Waals surface area contributed by atoms with Crippen molar-refractivity contribution in [3.63, 3.8) is 0 Å². The zero-order valence-corrected chi connectivity index (χ0v) is 16.6. The summed E-state index contributed by atoms with van der Waals surface area (Å²) in [5, 5.41) is 9.21. The molecule has 0 bridgehead atoms. The van der Waals surface area contributed by atoms with E-state index >= 15 is 0 Å². The van der Waals surface area contributed by atoms with E-state index in [1.54, 1.807) is 0 Å². The van der Waals surface area contributed by atoms with Crippen LogP contribution in [0.2, 0.25) is 0 Å². The summed E-state index contributed by atoms with van der Waals surface area (Å²) < 4.78 is 5.51. The summed E-state index contributed by atoms with van der Waals surface area (Å²) in [7, 11) is 0. The summed E-state index contributed by atoms with van der Waals surface area (Å²) in [6, 6.07) is 0.432. The fraction of sp³-hybridized carbons (Fsp3) is 0.750. The molecule has 0 aliphatic carbocycles. The molecule has 0 aromatic carbocycles. The third-order valence-electron chi connectivity index (χ3n) is 5.72. The van der Waals surface area contributed by atoms with E-state index in [0.717, 1.165) is 70.3 Å². The van der Waals surface area contributed by atoms with Gasteiger partial charge in [0.15, 0.2) is 0 Å². The molecule has 2 aliphatic heterocycles. The number of aromatic nitrogens is 2. The summed E-state index contributed by atoms with van der Waals surface area (Å²) in [6.07, 6.45) is 5.97. The van der Waals surface area contributed by atoms with Crippen molar-refractivity contribution < 1.29 is 14.6 Å². The number of carboxylic acids is 1. The van der Waals surface area contributed by atoms with Gasteiger partial charge in [-0.05, 0) is 32.1 Å². The van der Waals surface area contributed by atoms with E-state index in [1.165, 1.54) is 5.56 Å². The first-order valence-corrected chi connectivity index (χ1v) is 10.2. The highest BCUT2D eigenvalue weighted by Gasteiger charge is 2.35. The predicted molar refractivity (Wildman–Crippen MR) is 104 cm³/mol. The molecule has 3 rings (SSSR count). The molecule has 0 radical (unpaired) electrons. The van der Waals surface area contributed by atoms with Gasteiger partial charge in [-0.1, -0.05) is 13.3 Å². The first kappa shape index (κ1) is 20.0. The molecule has 7 heteroatoms. The second-order valence-electron chi connectivity index (χ2n) is 7.66. The zero-order chi connectivity index (χ0) is 19.2. The van der Waals surface area contributed by atoms with Gasteiger partial charge < -0.3 is 14.7 Å². The zero-order valence-electron chi connectivity index (χ0n) is 16.6. The van der Waals surface area contributed by atoms with Crippen molar-refractivity contribution in [1.82, 2.24) is 14.9 Å². The molecule has 3 heterocycles. The van der Waals surface area contributed by atoms with Crippen molar-refractivity contribution >= 4 is 11.8 Å². The standard InChI is InChI=1S/C20H32N4O3/c1-3-4-16-13-21-15(2)22-20(16)24-8-7-18(23-9-11-27-12-10-23)17(14-24)5-6-19(25)26/h13,17-18H,3-12,14H2,1-2H3,(H,25,26)/t17-,18+/m1/s1. The normalized spacial score (nSPS) is 24.1. The maximum Gasteiger partial charge on any atom is 0.303 e. The van der Waals surface area contributed by atoms with Crippen molar-refractivity contribution in [2.75, 3.05) is 44.3 Å². The molecule has 1 aromatic rings. The largest absolute Gasteiger partial charge is 0.481 e. The Morgan fingerprint density at radius 1 is 1.33 bits per heavy atom. The molecule has 27 heavy (non-hydrogen) atoms. The molecule has 1 N–H and O–H groups in total. The predicted octanol–water partition coefficient (Wildman–Crippen LogP) is 2.13. The minimum Gasteiger partial charge on any atom is -0.481 e. The Morgan fingerprint density at radius 3 is 2.81 bits per heavy atom. The maximum absolute atomic E-state index is 11.2. The highest BCUT2D eigenvalue weighted by atomic mass is 16.5. The van der Waals surface area contributed by atoms with Crippen molar-refractivity contribution in [1.29, 1.82) is 0 Å². The number of hydrogen-bond donors (Lipinski definition) is 1. The second kappa shape index (κ2) is 9.46. The molecule has 0 unspecified atom stereocenters. The molecule has 1 aromatic heterocycles. The van der Waals surface area contributed by atoms with E-state index < -0.39 is 5.97 Å². The van der Waals surface area contributed by atoms with Crippen LogP contribution in [0.15, 0.2) is 6.20 Å². The van der Waals surface area contributed by atoms with Gasteiger partial charge >= 0.3 is 5.97 Å². The monoisotopic (exact) mass is 376 g/mol. The first-order chi connectivity index (χ1) is 13.1. The Kier molecular flexibility index (Phi) is 7.01. The number of carbonyl (C=O) groups is 1. The average Bonchev–Trinajstić information content (AvgIpc) is 2.68. The van der Waals surface area contributed by atoms with Crippen LogP contribution in [0.5, 0.6) is 0 Å². The molecule has 2 atom stereocenters. The van der Waals surface area contributed by atoms with Crippen LogP contribution in [0, 0.1) is 12.8 Å². The van der Waals surface area contributed by atoms with Crippen LogP contribution in [-0.2, 0) is 16.0 Å². The topological polar surface area (TPSA) is 78.8 Å². The number of nitrogens with zero attached hydrogens (tertiary/aromatic N) is 4. The fourth-order valence-corrected chi connectivity index (χ4v) is 4.40. The highest BCUT2D eigenvalue weighted by Crippen LogP contribution is 2.31. The Balaban J connectivity index is 1.78. The van der Waals surface area contributed by atoms with Crippen LogP contribution in [0.4, 0.5) is 5.82 Å². The van der Waals surface area contributed by atoms with Gasteiger partial charge in [-0.2, -0.15) is 0 Å². The van der Waals surface area contributed by atoms with Crippen LogP contribution in [0.1, 0.15) is 44.0 Å². The van der Waals surface area contributed by atoms with Crippen LogP contribution < -0.4 is 4.90 Å². The molecular weight excluding hydrogens is 344 g/mol. The Bertz CT molecular complexity index is 634. The van der Waals surface area contributed by atoms with Gasteiger partial charge in [0.25, 0.3) is 0 Å². The number of hydrogen-bond acceptors (Lipinski definition) is 6. The van der Waals surface area contributed by atoms with Gasteiger partial charge in [0.05, 0.1) is 13.2 Å². The molecule has 0 saturated carbocycles. The lowest BCUT2D eigenvalue weighted by atomic mass is 9.86. The van der Waals surface area contributed by atoms with Crippen LogP contribution in [0.25, 0.3) is 0 Å². The fourth-order valence-electron chi connectivity index (χ4n) is 4.40. The van der Waals surface area contributed by atoms with Crippen LogP contribution in [-0.4, -0.2) is 71.4 Å². The summed E-state index contributed by atoms with van der Waals surface area (Å²) in [6.45, 7) is 9.37. The minimum absolute atomic E-state index is 0.226. The van der Waals surface area contributed by atoms with E-state index in [0.29, 0.717) is 18.4 Å². The van der Waals surface area contributed by atoms with E-state index in [1.807, 2.05) is 13.1 Å². The summed E-state index contributed by atoms with van der Waals surface area (Å²) >= 11 is 0. The summed E-state index contributed by atoms with van der Waals surface area (Å²) in [5.74, 6) is 1.46. The molecule has 150 valence electrons. The molecule has 2 saturated heterocycles. The second-order valence-corrected chi connectivity index (χ2v) is 7.66. The highest BCUT2D eigenvalue weighted by molar-refractivity contribution is 5.66. The lowest BCUT2D eigenvalue weighted by molar-refractivity contribution is -0.137. The number of aliphatic carboxylic acids is 1. The van der Waals surface area contributed by atoms with E-state index in [2.05, 4.69) is 21.7 Å². The molecule has 0 spiro atoms. The van der Waals surface area contributed by atoms with Gasteiger partial charge in [-0.15, -0.1) is 0 Å². The van der Waals surface area contributed by atoms with Crippen LogP contribution >= 0.6 is 0 Å². The smallest absolute Gasteiger partial charge is 0.303 e.